The Balaban J connectivity index is 1.75. The third-order valence-electron chi connectivity index (χ3n) is 3.82. The van der Waals surface area contributed by atoms with Crippen molar-refractivity contribution in [2.75, 3.05) is 49.2 Å². The van der Waals surface area contributed by atoms with Gasteiger partial charge in [0.1, 0.15) is 16.7 Å². The summed E-state index contributed by atoms with van der Waals surface area (Å²) in [6, 6.07) is 5.00. The van der Waals surface area contributed by atoms with E-state index in [0.717, 1.165) is 26.2 Å². The maximum Gasteiger partial charge on any atom is 0.229 e. The number of halogens is 2. The fraction of sp³-hybridized carbons (Fsp3) is 0.333. The van der Waals surface area contributed by atoms with E-state index in [1.54, 1.807) is 12.1 Å². The fourth-order valence-corrected chi connectivity index (χ4v) is 2.55. The summed E-state index contributed by atoms with van der Waals surface area (Å²) in [5.74, 6) is 0.179. The standard InChI is InChI=1S/C15H18ClFN6/c1-22-4-6-23(7-5-22)13-3-2-10(8-12(13)17)20-15-19-9-11(16)14(18)21-15/h2-3,8-9H,4-7H2,1H3,(H3,18,19,20,21). The van der Waals surface area contributed by atoms with Crippen LogP contribution in [0.3, 0.4) is 0 Å². The lowest BCUT2D eigenvalue weighted by atomic mass is 10.2. The highest BCUT2D eigenvalue weighted by molar-refractivity contribution is 6.32. The molecule has 122 valence electrons. The van der Waals surface area contributed by atoms with Gasteiger partial charge in [0.2, 0.25) is 5.95 Å². The summed E-state index contributed by atoms with van der Waals surface area (Å²) in [7, 11) is 2.07. The molecular formula is C15H18ClFN6. The molecule has 2 aromatic rings. The summed E-state index contributed by atoms with van der Waals surface area (Å²) in [4.78, 5) is 12.3. The second-order valence-corrected chi connectivity index (χ2v) is 5.92. The molecule has 2 heterocycles. The zero-order valence-corrected chi connectivity index (χ0v) is 13.5. The Hall–Kier alpha value is -2.12. The summed E-state index contributed by atoms with van der Waals surface area (Å²) < 4.78 is 14.4. The molecule has 23 heavy (non-hydrogen) atoms. The van der Waals surface area contributed by atoms with E-state index in [9.17, 15) is 4.39 Å². The number of nitrogens with zero attached hydrogens (tertiary/aromatic N) is 4. The van der Waals surface area contributed by atoms with Crippen LogP contribution in [0.5, 0.6) is 0 Å². The Labute approximate surface area is 139 Å². The average molecular weight is 337 g/mol. The molecule has 1 aromatic heterocycles. The van der Waals surface area contributed by atoms with Crippen LogP contribution in [0.25, 0.3) is 0 Å². The number of likely N-dealkylation sites (N-methyl/N-ethyl adjacent to an activating group) is 1. The molecule has 0 amide bonds. The summed E-state index contributed by atoms with van der Waals surface area (Å²) in [6.45, 7) is 3.49. The van der Waals surface area contributed by atoms with Gasteiger partial charge in [-0.15, -0.1) is 0 Å². The number of rotatable bonds is 3. The number of aromatic nitrogens is 2. The van der Waals surface area contributed by atoms with E-state index < -0.39 is 0 Å². The lowest BCUT2D eigenvalue weighted by molar-refractivity contribution is 0.311. The van der Waals surface area contributed by atoms with E-state index in [0.29, 0.717) is 11.4 Å². The van der Waals surface area contributed by atoms with E-state index in [2.05, 4.69) is 32.1 Å². The van der Waals surface area contributed by atoms with E-state index in [1.165, 1.54) is 12.3 Å². The molecule has 1 saturated heterocycles. The Bertz CT molecular complexity index is 702. The van der Waals surface area contributed by atoms with Crippen LogP contribution in [0.15, 0.2) is 24.4 Å². The predicted octanol–water partition coefficient (Wildman–Crippen LogP) is 2.35. The van der Waals surface area contributed by atoms with Crippen LogP contribution in [0.2, 0.25) is 5.02 Å². The van der Waals surface area contributed by atoms with Gasteiger partial charge in [-0.1, -0.05) is 11.6 Å². The summed E-state index contributed by atoms with van der Waals surface area (Å²) in [5, 5.41) is 3.21. The highest BCUT2D eigenvalue weighted by atomic mass is 35.5. The van der Waals surface area contributed by atoms with Gasteiger partial charge in [-0.3, -0.25) is 0 Å². The fourth-order valence-electron chi connectivity index (χ4n) is 2.46. The molecule has 0 aliphatic carbocycles. The van der Waals surface area contributed by atoms with Crippen molar-refractivity contribution in [2.45, 2.75) is 0 Å². The zero-order valence-electron chi connectivity index (χ0n) is 12.8. The van der Waals surface area contributed by atoms with E-state index in [1.807, 2.05) is 0 Å². The van der Waals surface area contributed by atoms with Gasteiger partial charge >= 0.3 is 0 Å². The number of anilines is 4. The first-order valence-corrected chi connectivity index (χ1v) is 7.69. The van der Waals surface area contributed by atoms with Crippen molar-refractivity contribution in [2.24, 2.45) is 0 Å². The molecule has 1 aliphatic rings. The Morgan fingerprint density at radius 1 is 1.26 bits per heavy atom. The number of hydrogen-bond donors (Lipinski definition) is 2. The number of benzene rings is 1. The van der Waals surface area contributed by atoms with Crippen LogP contribution in [0.4, 0.5) is 27.5 Å². The topological polar surface area (TPSA) is 70.3 Å². The first kappa shape index (κ1) is 15.8. The van der Waals surface area contributed by atoms with Crippen LogP contribution < -0.4 is 16.0 Å². The van der Waals surface area contributed by atoms with Crippen molar-refractivity contribution in [1.82, 2.24) is 14.9 Å². The van der Waals surface area contributed by atoms with Gasteiger partial charge in [-0.25, -0.2) is 9.37 Å². The SMILES string of the molecule is CN1CCN(c2ccc(Nc3ncc(Cl)c(N)n3)cc2F)CC1. The summed E-state index contributed by atoms with van der Waals surface area (Å²) in [5.41, 5.74) is 6.80. The molecule has 6 nitrogen and oxygen atoms in total. The van der Waals surface area contributed by atoms with Crippen LogP contribution >= 0.6 is 11.6 Å². The largest absolute Gasteiger partial charge is 0.382 e. The van der Waals surface area contributed by atoms with Crippen LogP contribution in [-0.2, 0) is 0 Å². The van der Waals surface area contributed by atoms with E-state index in [4.69, 9.17) is 17.3 Å². The van der Waals surface area contributed by atoms with Gasteiger partial charge in [0.25, 0.3) is 0 Å². The van der Waals surface area contributed by atoms with Crippen LogP contribution in [0, 0.1) is 5.82 Å². The zero-order chi connectivity index (χ0) is 16.4. The Morgan fingerprint density at radius 3 is 2.65 bits per heavy atom. The molecule has 0 atom stereocenters. The molecule has 0 radical (unpaired) electrons. The smallest absolute Gasteiger partial charge is 0.229 e. The van der Waals surface area contributed by atoms with E-state index in [-0.39, 0.29) is 22.6 Å². The summed E-state index contributed by atoms with van der Waals surface area (Å²) >= 11 is 5.78. The third-order valence-corrected chi connectivity index (χ3v) is 4.11. The predicted molar refractivity (Wildman–Crippen MR) is 90.8 cm³/mol. The number of nitrogens with one attached hydrogen (secondary N) is 1. The van der Waals surface area contributed by atoms with E-state index >= 15 is 0 Å². The Morgan fingerprint density at radius 2 is 2.00 bits per heavy atom. The van der Waals surface area contributed by atoms with Gasteiger partial charge in [0, 0.05) is 31.9 Å². The lowest BCUT2D eigenvalue weighted by Gasteiger charge is -2.34. The van der Waals surface area contributed by atoms with Crippen LogP contribution in [-0.4, -0.2) is 48.1 Å². The Kier molecular flexibility index (Phi) is 4.49. The number of hydrogen-bond acceptors (Lipinski definition) is 6. The average Bonchev–Trinajstić information content (AvgIpc) is 2.52. The number of nitrogens with two attached hydrogens (primary N) is 1. The normalized spacial score (nSPS) is 15.7. The molecule has 0 saturated carbocycles. The molecule has 1 aromatic carbocycles. The summed E-state index contributed by atoms with van der Waals surface area (Å²) in [6.07, 6.45) is 1.40. The quantitative estimate of drug-likeness (QED) is 0.896. The maximum atomic E-state index is 14.4. The highest BCUT2D eigenvalue weighted by Crippen LogP contribution is 2.25. The monoisotopic (exact) mass is 336 g/mol. The minimum Gasteiger partial charge on any atom is -0.382 e. The number of nitrogen functional groups attached to an aromatic ring is 1. The van der Waals surface area contributed by atoms with Crippen molar-refractivity contribution in [1.29, 1.82) is 0 Å². The van der Waals surface area contributed by atoms with Gasteiger partial charge in [0.15, 0.2) is 0 Å². The molecule has 0 spiro atoms. The first-order valence-electron chi connectivity index (χ1n) is 7.31. The number of piperazine rings is 1. The third kappa shape index (κ3) is 3.62. The molecule has 1 aliphatic heterocycles. The van der Waals surface area contributed by atoms with Crippen LogP contribution in [0.1, 0.15) is 0 Å². The van der Waals surface area contributed by atoms with Gasteiger partial charge in [0.05, 0.1) is 11.9 Å². The maximum absolute atomic E-state index is 14.4. The molecular weight excluding hydrogens is 319 g/mol. The van der Waals surface area contributed by atoms with Gasteiger partial charge in [-0.05, 0) is 25.2 Å². The minimum atomic E-state index is -0.276. The van der Waals surface area contributed by atoms with Crippen molar-refractivity contribution in [3.8, 4) is 0 Å². The van der Waals surface area contributed by atoms with Gasteiger partial charge in [-0.2, -0.15) is 4.98 Å². The van der Waals surface area contributed by atoms with Crippen molar-refractivity contribution in [3.63, 3.8) is 0 Å². The molecule has 1 fully saturated rings. The van der Waals surface area contributed by atoms with Crippen molar-refractivity contribution in [3.05, 3.63) is 35.2 Å². The lowest BCUT2D eigenvalue weighted by Crippen LogP contribution is -2.44. The first-order chi connectivity index (χ1) is 11.0. The molecule has 0 unspecified atom stereocenters. The molecule has 0 bridgehead atoms. The minimum absolute atomic E-state index is 0.179. The van der Waals surface area contributed by atoms with Crippen molar-refractivity contribution >= 4 is 34.7 Å². The van der Waals surface area contributed by atoms with Gasteiger partial charge < -0.3 is 20.9 Å². The van der Waals surface area contributed by atoms with Crippen molar-refractivity contribution < 1.29 is 4.39 Å². The molecule has 3 rings (SSSR count). The second-order valence-electron chi connectivity index (χ2n) is 5.51. The highest BCUT2D eigenvalue weighted by Gasteiger charge is 2.17. The second kappa shape index (κ2) is 6.55. The molecule has 3 N–H and O–H groups in total. The molecule has 8 heteroatoms.